The Kier molecular flexibility index (Phi) is 5.63. The SMILES string of the molecule is CCc1csc(CC(=O)O[C@H](C)C(=O)Nc2ccc3ccccc3c2)n1. The highest BCUT2D eigenvalue weighted by molar-refractivity contribution is 7.09. The van der Waals surface area contributed by atoms with E-state index in [0.717, 1.165) is 22.9 Å². The minimum absolute atomic E-state index is 0.0816. The van der Waals surface area contributed by atoms with E-state index in [0.29, 0.717) is 10.7 Å². The van der Waals surface area contributed by atoms with E-state index in [2.05, 4.69) is 10.3 Å². The zero-order valence-corrected chi connectivity index (χ0v) is 15.5. The summed E-state index contributed by atoms with van der Waals surface area (Å²) in [5.41, 5.74) is 1.63. The van der Waals surface area contributed by atoms with Gasteiger partial charge in [0.25, 0.3) is 5.91 Å². The number of nitrogens with one attached hydrogen (secondary N) is 1. The number of benzene rings is 2. The molecule has 2 aromatic carbocycles. The monoisotopic (exact) mass is 368 g/mol. The first-order valence-electron chi connectivity index (χ1n) is 8.47. The Bertz CT molecular complexity index is 935. The second kappa shape index (κ2) is 8.10. The number of fused-ring (bicyclic) bond motifs is 1. The Balaban J connectivity index is 1.57. The third-order valence-electron chi connectivity index (χ3n) is 3.95. The van der Waals surface area contributed by atoms with Crippen LogP contribution in [0.3, 0.4) is 0 Å². The van der Waals surface area contributed by atoms with Crippen molar-refractivity contribution in [2.75, 3.05) is 5.32 Å². The van der Waals surface area contributed by atoms with Crippen LogP contribution in [0.1, 0.15) is 24.5 Å². The quantitative estimate of drug-likeness (QED) is 0.669. The molecule has 0 aliphatic heterocycles. The Labute approximate surface area is 156 Å². The number of amides is 1. The number of thiazole rings is 1. The largest absolute Gasteiger partial charge is 0.452 e. The summed E-state index contributed by atoms with van der Waals surface area (Å²) >= 11 is 1.43. The molecule has 1 atom stereocenters. The Hall–Kier alpha value is -2.73. The number of anilines is 1. The third-order valence-corrected chi connectivity index (χ3v) is 4.85. The molecule has 0 unspecified atom stereocenters. The van der Waals surface area contributed by atoms with Gasteiger partial charge in [0.15, 0.2) is 6.10 Å². The van der Waals surface area contributed by atoms with Gasteiger partial charge < -0.3 is 10.1 Å². The molecule has 0 aliphatic carbocycles. The van der Waals surface area contributed by atoms with Gasteiger partial charge in [0.2, 0.25) is 0 Å². The predicted octanol–water partition coefficient (Wildman–Crippen LogP) is 3.97. The van der Waals surface area contributed by atoms with E-state index in [-0.39, 0.29) is 12.3 Å². The van der Waals surface area contributed by atoms with Gasteiger partial charge in [-0.2, -0.15) is 0 Å². The van der Waals surface area contributed by atoms with Crippen molar-refractivity contribution in [2.45, 2.75) is 32.8 Å². The fourth-order valence-corrected chi connectivity index (χ4v) is 3.38. The van der Waals surface area contributed by atoms with Gasteiger partial charge in [-0.05, 0) is 36.2 Å². The van der Waals surface area contributed by atoms with Gasteiger partial charge in [-0.3, -0.25) is 9.59 Å². The molecule has 0 bridgehead atoms. The molecule has 1 N–H and O–H groups in total. The molecule has 26 heavy (non-hydrogen) atoms. The summed E-state index contributed by atoms with van der Waals surface area (Å²) in [5, 5.41) is 7.55. The van der Waals surface area contributed by atoms with Crippen LogP contribution in [-0.4, -0.2) is 23.0 Å². The van der Waals surface area contributed by atoms with Crippen LogP contribution in [0, 0.1) is 0 Å². The molecule has 0 fully saturated rings. The molecule has 3 rings (SSSR count). The van der Waals surface area contributed by atoms with Crippen molar-refractivity contribution in [2.24, 2.45) is 0 Å². The van der Waals surface area contributed by atoms with Crippen LogP contribution in [-0.2, 0) is 27.2 Å². The lowest BCUT2D eigenvalue weighted by molar-refractivity contribution is -0.152. The number of rotatable bonds is 6. The normalized spacial score (nSPS) is 11.9. The number of hydrogen-bond donors (Lipinski definition) is 1. The Morgan fingerprint density at radius 1 is 1.19 bits per heavy atom. The number of aryl methyl sites for hydroxylation is 1. The minimum Gasteiger partial charge on any atom is -0.452 e. The molecule has 3 aromatic rings. The van der Waals surface area contributed by atoms with E-state index in [9.17, 15) is 9.59 Å². The van der Waals surface area contributed by atoms with Crippen molar-refractivity contribution in [1.82, 2.24) is 4.98 Å². The van der Waals surface area contributed by atoms with Crippen molar-refractivity contribution in [1.29, 1.82) is 0 Å². The summed E-state index contributed by atoms with van der Waals surface area (Å²) in [7, 11) is 0. The summed E-state index contributed by atoms with van der Waals surface area (Å²) in [6, 6.07) is 13.6. The lowest BCUT2D eigenvalue weighted by atomic mass is 10.1. The molecule has 0 spiro atoms. The van der Waals surface area contributed by atoms with Crippen molar-refractivity contribution in [3.8, 4) is 0 Å². The number of hydrogen-bond acceptors (Lipinski definition) is 5. The van der Waals surface area contributed by atoms with E-state index in [1.54, 1.807) is 6.92 Å². The van der Waals surface area contributed by atoms with Gasteiger partial charge >= 0.3 is 5.97 Å². The molecule has 134 valence electrons. The average Bonchev–Trinajstić information content (AvgIpc) is 3.08. The van der Waals surface area contributed by atoms with Gasteiger partial charge in [-0.15, -0.1) is 11.3 Å². The molecule has 6 heteroatoms. The Morgan fingerprint density at radius 3 is 2.69 bits per heavy atom. The summed E-state index contributed by atoms with van der Waals surface area (Å²) in [5.74, 6) is -0.815. The smallest absolute Gasteiger partial charge is 0.313 e. The molecule has 0 saturated carbocycles. The van der Waals surface area contributed by atoms with Gasteiger partial charge in [0.1, 0.15) is 5.01 Å². The highest BCUT2D eigenvalue weighted by Gasteiger charge is 2.19. The molecule has 1 heterocycles. The fourth-order valence-electron chi connectivity index (χ4n) is 2.52. The summed E-state index contributed by atoms with van der Waals surface area (Å²) in [4.78, 5) is 28.6. The summed E-state index contributed by atoms with van der Waals surface area (Å²) < 4.78 is 5.23. The van der Waals surface area contributed by atoms with Crippen LogP contribution in [0.15, 0.2) is 47.8 Å². The first kappa shape index (κ1) is 18.1. The van der Waals surface area contributed by atoms with E-state index < -0.39 is 12.1 Å². The molecule has 0 aliphatic rings. The van der Waals surface area contributed by atoms with Crippen molar-refractivity contribution in [3.05, 3.63) is 58.5 Å². The van der Waals surface area contributed by atoms with Crippen LogP contribution in [0.25, 0.3) is 10.8 Å². The van der Waals surface area contributed by atoms with Gasteiger partial charge in [-0.1, -0.05) is 37.3 Å². The lowest BCUT2D eigenvalue weighted by Crippen LogP contribution is -2.30. The number of carbonyl (C=O) groups is 2. The maximum Gasteiger partial charge on any atom is 0.313 e. The first-order valence-corrected chi connectivity index (χ1v) is 9.35. The van der Waals surface area contributed by atoms with Crippen molar-refractivity contribution in [3.63, 3.8) is 0 Å². The number of esters is 1. The highest BCUT2D eigenvalue weighted by Crippen LogP contribution is 2.19. The zero-order valence-electron chi connectivity index (χ0n) is 14.7. The number of nitrogens with zero attached hydrogens (tertiary/aromatic N) is 1. The summed E-state index contributed by atoms with van der Waals surface area (Å²) in [6.07, 6.45) is 0.0357. The third kappa shape index (κ3) is 4.46. The molecule has 0 saturated heterocycles. The van der Waals surface area contributed by atoms with Gasteiger partial charge in [0, 0.05) is 11.1 Å². The maximum atomic E-state index is 12.3. The van der Waals surface area contributed by atoms with Crippen LogP contribution in [0.2, 0.25) is 0 Å². The zero-order chi connectivity index (χ0) is 18.5. The molecular weight excluding hydrogens is 348 g/mol. The van der Waals surface area contributed by atoms with Crippen LogP contribution in [0.4, 0.5) is 5.69 Å². The standard InChI is InChI=1S/C20H20N2O3S/c1-3-16-12-26-18(21-16)11-19(23)25-13(2)20(24)22-17-9-8-14-6-4-5-7-15(14)10-17/h4-10,12-13H,3,11H2,1-2H3,(H,22,24)/t13-/m1/s1. The highest BCUT2D eigenvalue weighted by atomic mass is 32.1. The van der Waals surface area contributed by atoms with E-state index in [1.807, 2.05) is 54.8 Å². The Morgan fingerprint density at radius 2 is 1.96 bits per heavy atom. The summed E-state index contributed by atoms with van der Waals surface area (Å²) in [6.45, 7) is 3.57. The van der Waals surface area contributed by atoms with Gasteiger partial charge in [-0.25, -0.2) is 4.98 Å². The predicted molar refractivity (Wildman–Crippen MR) is 103 cm³/mol. The number of ether oxygens (including phenoxy) is 1. The molecule has 0 radical (unpaired) electrons. The first-order chi connectivity index (χ1) is 12.5. The molecule has 5 nitrogen and oxygen atoms in total. The van der Waals surface area contributed by atoms with E-state index >= 15 is 0 Å². The van der Waals surface area contributed by atoms with Crippen LogP contribution < -0.4 is 5.32 Å². The fraction of sp³-hybridized carbons (Fsp3) is 0.250. The van der Waals surface area contributed by atoms with Crippen molar-refractivity contribution >= 4 is 39.7 Å². The van der Waals surface area contributed by atoms with E-state index in [4.69, 9.17) is 4.74 Å². The van der Waals surface area contributed by atoms with E-state index in [1.165, 1.54) is 11.3 Å². The molecule has 1 aromatic heterocycles. The van der Waals surface area contributed by atoms with Crippen LogP contribution in [0.5, 0.6) is 0 Å². The second-order valence-corrected chi connectivity index (χ2v) is 6.89. The lowest BCUT2D eigenvalue weighted by Gasteiger charge is -2.13. The topological polar surface area (TPSA) is 68.3 Å². The maximum absolute atomic E-state index is 12.3. The molecular formula is C20H20N2O3S. The average molecular weight is 368 g/mol. The molecule has 1 amide bonds. The van der Waals surface area contributed by atoms with Gasteiger partial charge in [0.05, 0.1) is 12.1 Å². The van der Waals surface area contributed by atoms with Crippen LogP contribution >= 0.6 is 11.3 Å². The minimum atomic E-state index is -0.875. The van der Waals surface area contributed by atoms with Crippen molar-refractivity contribution < 1.29 is 14.3 Å². The number of aromatic nitrogens is 1. The second-order valence-electron chi connectivity index (χ2n) is 5.95. The number of carbonyl (C=O) groups excluding carboxylic acids is 2.